The molecule has 1 fully saturated rings. The molecule has 0 spiro atoms. The van der Waals surface area contributed by atoms with Gasteiger partial charge in [0.2, 0.25) is 0 Å². The SMILES string of the molecule is Clc1ccc(Oc2nc(CNC3CC3)co2)cc1Cl. The highest BCUT2D eigenvalue weighted by molar-refractivity contribution is 6.42. The third kappa shape index (κ3) is 3.41. The van der Waals surface area contributed by atoms with E-state index < -0.39 is 0 Å². The van der Waals surface area contributed by atoms with Gasteiger partial charge in [-0.25, -0.2) is 0 Å². The number of ether oxygens (including phenoxy) is 1. The van der Waals surface area contributed by atoms with E-state index in [9.17, 15) is 0 Å². The topological polar surface area (TPSA) is 47.3 Å². The molecule has 19 heavy (non-hydrogen) atoms. The van der Waals surface area contributed by atoms with E-state index in [0.29, 0.717) is 28.4 Å². The molecular weight excluding hydrogens is 287 g/mol. The molecule has 3 rings (SSSR count). The zero-order valence-electron chi connectivity index (χ0n) is 10.0. The zero-order valence-corrected chi connectivity index (χ0v) is 11.5. The lowest BCUT2D eigenvalue weighted by atomic mass is 10.3. The largest absolute Gasteiger partial charge is 0.417 e. The van der Waals surface area contributed by atoms with Crippen LogP contribution in [0.5, 0.6) is 11.8 Å². The van der Waals surface area contributed by atoms with Crippen molar-refractivity contribution in [2.24, 2.45) is 0 Å². The summed E-state index contributed by atoms with van der Waals surface area (Å²) in [7, 11) is 0. The average Bonchev–Trinajstić information content (AvgIpc) is 3.12. The van der Waals surface area contributed by atoms with Gasteiger partial charge in [0.15, 0.2) is 0 Å². The Bertz CT molecular complexity index is 582. The van der Waals surface area contributed by atoms with E-state index in [-0.39, 0.29) is 6.08 Å². The fourth-order valence-electron chi connectivity index (χ4n) is 1.59. The number of halogens is 2. The van der Waals surface area contributed by atoms with E-state index in [0.717, 1.165) is 5.69 Å². The summed E-state index contributed by atoms with van der Waals surface area (Å²) in [6.45, 7) is 0.693. The maximum absolute atomic E-state index is 5.90. The molecule has 1 aromatic carbocycles. The molecule has 2 aromatic rings. The van der Waals surface area contributed by atoms with Gasteiger partial charge in [-0.15, -0.1) is 0 Å². The molecule has 0 atom stereocenters. The van der Waals surface area contributed by atoms with Crippen LogP contribution < -0.4 is 10.1 Å². The van der Waals surface area contributed by atoms with Crippen molar-refractivity contribution in [3.8, 4) is 11.8 Å². The number of hydrogen-bond donors (Lipinski definition) is 1. The van der Waals surface area contributed by atoms with Gasteiger partial charge < -0.3 is 14.5 Å². The lowest BCUT2D eigenvalue weighted by Gasteiger charge is -2.01. The fourth-order valence-corrected chi connectivity index (χ4v) is 1.88. The van der Waals surface area contributed by atoms with Gasteiger partial charge >= 0.3 is 6.08 Å². The van der Waals surface area contributed by atoms with Crippen LogP contribution in [0.3, 0.4) is 0 Å². The van der Waals surface area contributed by atoms with Crippen LogP contribution in [0, 0.1) is 0 Å². The molecule has 1 aromatic heterocycles. The maximum atomic E-state index is 5.90. The van der Waals surface area contributed by atoms with Crippen molar-refractivity contribution in [1.29, 1.82) is 0 Å². The first kappa shape index (κ1) is 12.8. The molecule has 0 radical (unpaired) electrons. The van der Waals surface area contributed by atoms with Gasteiger partial charge in [0.1, 0.15) is 12.0 Å². The third-order valence-corrected chi connectivity index (χ3v) is 3.52. The van der Waals surface area contributed by atoms with Crippen molar-refractivity contribution in [3.63, 3.8) is 0 Å². The van der Waals surface area contributed by atoms with Gasteiger partial charge in [-0.1, -0.05) is 23.2 Å². The molecule has 1 aliphatic rings. The average molecular weight is 299 g/mol. The molecule has 1 heterocycles. The van der Waals surface area contributed by atoms with Crippen LogP contribution in [0.1, 0.15) is 18.5 Å². The quantitative estimate of drug-likeness (QED) is 0.905. The van der Waals surface area contributed by atoms with E-state index in [4.69, 9.17) is 32.4 Å². The van der Waals surface area contributed by atoms with E-state index in [1.165, 1.54) is 12.8 Å². The predicted octanol–water partition coefficient (Wildman–Crippen LogP) is 4.03. The molecule has 0 amide bonds. The summed E-state index contributed by atoms with van der Waals surface area (Å²) in [5, 5.41) is 4.26. The van der Waals surface area contributed by atoms with Crippen molar-refractivity contribution in [1.82, 2.24) is 10.3 Å². The molecule has 1 aliphatic carbocycles. The molecule has 0 unspecified atom stereocenters. The fraction of sp³-hybridized carbons (Fsp3) is 0.308. The Kier molecular flexibility index (Phi) is 3.64. The molecule has 0 bridgehead atoms. The van der Waals surface area contributed by atoms with Gasteiger partial charge in [-0.2, -0.15) is 4.98 Å². The van der Waals surface area contributed by atoms with Crippen LogP contribution in [0.25, 0.3) is 0 Å². The Hall–Kier alpha value is -1.23. The van der Waals surface area contributed by atoms with Crippen LogP contribution >= 0.6 is 23.2 Å². The zero-order chi connectivity index (χ0) is 13.2. The van der Waals surface area contributed by atoms with Crippen LogP contribution in [0.2, 0.25) is 10.0 Å². The summed E-state index contributed by atoms with van der Waals surface area (Å²) in [6.07, 6.45) is 4.27. The number of aromatic nitrogens is 1. The Labute approximate surface area is 120 Å². The Balaban J connectivity index is 1.63. The van der Waals surface area contributed by atoms with Crippen molar-refractivity contribution in [3.05, 3.63) is 40.2 Å². The number of hydrogen-bond acceptors (Lipinski definition) is 4. The minimum absolute atomic E-state index is 0.200. The first-order valence-corrected chi connectivity index (χ1v) is 6.77. The first-order chi connectivity index (χ1) is 9.20. The van der Waals surface area contributed by atoms with Crippen LogP contribution in [0.4, 0.5) is 0 Å². The second kappa shape index (κ2) is 5.41. The van der Waals surface area contributed by atoms with E-state index >= 15 is 0 Å². The van der Waals surface area contributed by atoms with E-state index in [1.54, 1.807) is 24.5 Å². The van der Waals surface area contributed by atoms with Crippen molar-refractivity contribution in [2.45, 2.75) is 25.4 Å². The summed E-state index contributed by atoms with van der Waals surface area (Å²) < 4.78 is 10.7. The lowest BCUT2D eigenvalue weighted by molar-refractivity contribution is 0.331. The Morgan fingerprint density at radius 1 is 1.32 bits per heavy atom. The summed E-state index contributed by atoms with van der Waals surface area (Å²) in [6, 6.07) is 5.63. The second-order valence-corrected chi connectivity index (χ2v) is 5.25. The van der Waals surface area contributed by atoms with E-state index in [1.807, 2.05) is 0 Å². The highest BCUT2D eigenvalue weighted by atomic mass is 35.5. The van der Waals surface area contributed by atoms with Gasteiger partial charge in [0.25, 0.3) is 0 Å². The van der Waals surface area contributed by atoms with Crippen LogP contribution in [-0.2, 0) is 6.54 Å². The number of benzene rings is 1. The number of nitrogens with one attached hydrogen (secondary N) is 1. The van der Waals surface area contributed by atoms with Crippen molar-refractivity contribution < 1.29 is 9.15 Å². The normalized spacial score (nSPS) is 14.6. The molecule has 100 valence electrons. The first-order valence-electron chi connectivity index (χ1n) is 6.01. The van der Waals surface area contributed by atoms with Crippen molar-refractivity contribution >= 4 is 23.2 Å². The van der Waals surface area contributed by atoms with Gasteiger partial charge in [0.05, 0.1) is 15.7 Å². The van der Waals surface area contributed by atoms with Gasteiger partial charge in [-0.05, 0) is 25.0 Å². The molecule has 0 saturated heterocycles. The highest BCUT2D eigenvalue weighted by Crippen LogP contribution is 2.29. The lowest BCUT2D eigenvalue weighted by Crippen LogP contribution is -2.15. The van der Waals surface area contributed by atoms with E-state index in [2.05, 4.69) is 10.3 Å². The van der Waals surface area contributed by atoms with Gasteiger partial charge in [-0.3, -0.25) is 0 Å². The monoisotopic (exact) mass is 298 g/mol. The smallest absolute Gasteiger partial charge is 0.399 e. The molecule has 0 aliphatic heterocycles. The highest BCUT2D eigenvalue weighted by Gasteiger charge is 2.20. The molecule has 1 saturated carbocycles. The molecule has 4 nitrogen and oxygen atoms in total. The predicted molar refractivity (Wildman–Crippen MR) is 72.9 cm³/mol. The standard InChI is InChI=1S/C13H12Cl2N2O2/c14-11-4-3-10(5-12(11)15)19-13-17-9(7-18-13)6-16-8-1-2-8/h3-5,7-8,16H,1-2,6H2. The summed E-state index contributed by atoms with van der Waals surface area (Å²) in [4.78, 5) is 4.23. The summed E-state index contributed by atoms with van der Waals surface area (Å²) in [5.41, 5.74) is 0.821. The molecule has 6 heteroatoms. The minimum atomic E-state index is 0.200. The Morgan fingerprint density at radius 2 is 2.16 bits per heavy atom. The maximum Gasteiger partial charge on any atom is 0.399 e. The minimum Gasteiger partial charge on any atom is -0.417 e. The number of oxazole rings is 1. The number of rotatable bonds is 5. The van der Waals surface area contributed by atoms with Crippen LogP contribution in [0.15, 0.2) is 28.9 Å². The molecular formula is C13H12Cl2N2O2. The summed E-state index contributed by atoms with van der Waals surface area (Å²) >= 11 is 11.7. The van der Waals surface area contributed by atoms with Crippen LogP contribution in [-0.4, -0.2) is 11.0 Å². The number of nitrogens with zero attached hydrogens (tertiary/aromatic N) is 1. The second-order valence-electron chi connectivity index (χ2n) is 4.44. The van der Waals surface area contributed by atoms with Crippen molar-refractivity contribution in [2.75, 3.05) is 0 Å². The molecule has 1 N–H and O–H groups in total. The third-order valence-electron chi connectivity index (χ3n) is 2.78. The summed E-state index contributed by atoms with van der Waals surface area (Å²) in [5.74, 6) is 0.540. The Morgan fingerprint density at radius 3 is 2.89 bits per heavy atom. The van der Waals surface area contributed by atoms with Gasteiger partial charge in [0, 0.05) is 18.7 Å².